The maximum Gasteiger partial charge on any atom is 0.129 e. The quantitative estimate of drug-likeness (QED) is 0.799. The predicted molar refractivity (Wildman–Crippen MR) is 66.9 cm³/mol. The Kier molecular flexibility index (Phi) is 4.12. The van der Waals surface area contributed by atoms with E-state index in [0.29, 0.717) is 0 Å². The Balaban J connectivity index is 2.04. The van der Waals surface area contributed by atoms with Crippen LogP contribution in [0.15, 0.2) is 30.0 Å². The Morgan fingerprint density at radius 3 is 3.06 bits per heavy atom. The number of nitrogens with zero attached hydrogens (tertiary/aromatic N) is 2. The largest absolute Gasteiger partial charge is 0.392 e. The summed E-state index contributed by atoms with van der Waals surface area (Å²) in [5.74, 6) is 0.935. The van der Waals surface area contributed by atoms with Crippen molar-refractivity contribution in [2.75, 3.05) is 31.7 Å². The summed E-state index contributed by atoms with van der Waals surface area (Å²) in [7, 11) is 1.72. The highest BCUT2D eigenvalue weighted by Crippen LogP contribution is 2.18. The second-order valence-corrected chi connectivity index (χ2v) is 4.17. The fourth-order valence-corrected chi connectivity index (χ4v) is 1.97. The minimum atomic E-state index is 0.0636. The van der Waals surface area contributed by atoms with Crippen molar-refractivity contribution in [3.8, 4) is 0 Å². The van der Waals surface area contributed by atoms with Crippen LogP contribution in [0.5, 0.6) is 0 Å². The van der Waals surface area contributed by atoms with E-state index in [4.69, 9.17) is 9.84 Å². The maximum absolute atomic E-state index is 9.10. The van der Waals surface area contributed by atoms with Crippen molar-refractivity contribution in [2.24, 2.45) is 0 Å². The van der Waals surface area contributed by atoms with Gasteiger partial charge in [0, 0.05) is 26.4 Å². The molecule has 0 spiro atoms. The summed E-state index contributed by atoms with van der Waals surface area (Å²) < 4.78 is 5.12. The molecular formula is C13H18N2O2. The molecule has 0 saturated carbocycles. The summed E-state index contributed by atoms with van der Waals surface area (Å²) in [4.78, 5) is 6.54. The molecule has 0 radical (unpaired) electrons. The Morgan fingerprint density at radius 2 is 2.41 bits per heavy atom. The number of hydrogen-bond donors (Lipinski definition) is 1. The van der Waals surface area contributed by atoms with Crippen LogP contribution in [0.25, 0.3) is 0 Å². The number of methoxy groups -OCH3 is 1. The van der Waals surface area contributed by atoms with E-state index in [1.807, 2.05) is 12.1 Å². The molecule has 0 unspecified atom stereocenters. The lowest BCUT2D eigenvalue weighted by Crippen LogP contribution is -2.30. The fraction of sp³-hybridized carbons (Fsp3) is 0.462. The molecule has 1 aliphatic heterocycles. The summed E-state index contributed by atoms with van der Waals surface area (Å²) in [6.45, 7) is 2.60. The van der Waals surface area contributed by atoms with Gasteiger partial charge in [0.1, 0.15) is 5.82 Å². The van der Waals surface area contributed by atoms with Gasteiger partial charge in [0.2, 0.25) is 0 Å². The van der Waals surface area contributed by atoms with Gasteiger partial charge in [-0.25, -0.2) is 4.98 Å². The van der Waals surface area contributed by atoms with E-state index in [1.54, 1.807) is 13.3 Å². The van der Waals surface area contributed by atoms with Crippen LogP contribution in [-0.2, 0) is 11.3 Å². The van der Waals surface area contributed by atoms with Crippen LogP contribution in [-0.4, -0.2) is 36.9 Å². The first-order chi connectivity index (χ1) is 8.33. The third-order valence-corrected chi connectivity index (χ3v) is 2.95. The number of hydrogen-bond acceptors (Lipinski definition) is 4. The highest BCUT2D eigenvalue weighted by atomic mass is 16.5. The van der Waals surface area contributed by atoms with Crippen LogP contribution >= 0.6 is 0 Å². The standard InChI is InChI=1S/C13H18N2O2/c1-17-10-11-3-6-15(7-4-11)13-8-12(9-16)2-5-14-13/h2-3,5,8,16H,4,6-7,9-10H2,1H3. The average molecular weight is 234 g/mol. The number of rotatable bonds is 4. The molecule has 17 heavy (non-hydrogen) atoms. The van der Waals surface area contributed by atoms with E-state index >= 15 is 0 Å². The van der Waals surface area contributed by atoms with E-state index in [9.17, 15) is 0 Å². The van der Waals surface area contributed by atoms with Crippen LogP contribution in [0.3, 0.4) is 0 Å². The van der Waals surface area contributed by atoms with Gasteiger partial charge in [-0.05, 0) is 29.7 Å². The molecule has 1 N–H and O–H groups in total. The van der Waals surface area contributed by atoms with E-state index in [1.165, 1.54) is 5.57 Å². The molecule has 4 heteroatoms. The summed E-state index contributed by atoms with van der Waals surface area (Å²) >= 11 is 0. The molecule has 4 nitrogen and oxygen atoms in total. The van der Waals surface area contributed by atoms with Crippen LogP contribution < -0.4 is 4.90 Å². The van der Waals surface area contributed by atoms with Gasteiger partial charge in [0.25, 0.3) is 0 Å². The van der Waals surface area contributed by atoms with Gasteiger partial charge in [0.05, 0.1) is 13.2 Å². The number of aromatic nitrogens is 1. The van der Waals surface area contributed by atoms with Crippen LogP contribution in [0, 0.1) is 0 Å². The summed E-state index contributed by atoms with van der Waals surface area (Å²) in [5.41, 5.74) is 2.25. The van der Waals surface area contributed by atoms with Crippen LogP contribution in [0.2, 0.25) is 0 Å². The van der Waals surface area contributed by atoms with Crippen LogP contribution in [0.1, 0.15) is 12.0 Å². The second-order valence-electron chi connectivity index (χ2n) is 4.17. The van der Waals surface area contributed by atoms with Crippen molar-refractivity contribution >= 4 is 5.82 Å². The zero-order valence-corrected chi connectivity index (χ0v) is 10.1. The maximum atomic E-state index is 9.10. The molecule has 92 valence electrons. The highest BCUT2D eigenvalue weighted by Gasteiger charge is 2.13. The minimum Gasteiger partial charge on any atom is -0.392 e. The van der Waals surface area contributed by atoms with Gasteiger partial charge in [-0.15, -0.1) is 0 Å². The van der Waals surface area contributed by atoms with E-state index in [-0.39, 0.29) is 6.61 Å². The van der Waals surface area contributed by atoms with Crippen molar-refractivity contribution < 1.29 is 9.84 Å². The number of pyridine rings is 1. The zero-order valence-electron chi connectivity index (χ0n) is 10.1. The zero-order chi connectivity index (χ0) is 12.1. The van der Waals surface area contributed by atoms with Gasteiger partial charge in [-0.1, -0.05) is 6.08 Å². The van der Waals surface area contributed by atoms with Crippen molar-refractivity contribution in [2.45, 2.75) is 13.0 Å². The monoisotopic (exact) mass is 234 g/mol. The molecule has 0 saturated heterocycles. The molecule has 0 fully saturated rings. The molecule has 2 heterocycles. The SMILES string of the molecule is COCC1=CCN(c2cc(CO)ccn2)CC1. The van der Waals surface area contributed by atoms with Gasteiger partial charge in [0.15, 0.2) is 0 Å². The fourth-order valence-electron chi connectivity index (χ4n) is 1.97. The molecule has 0 aliphatic carbocycles. The normalized spacial score (nSPS) is 15.9. The second kappa shape index (κ2) is 5.80. The topological polar surface area (TPSA) is 45.6 Å². The Bertz CT molecular complexity index is 404. The third kappa shape index (κ3) is 3.05. The molecule has 1 aromatic heterocycles. The molecule has 0 atom stereocenters. The smallest absolute Gasteiger partial charge is 0.129 e. The van der Waals surface area contributed by atoms with Gasteiger partial charge >= 0.3 is 0 Å². The molecule has 2 rings (SSSR count). The first-order valence-corrected chi connectivity index (χ1v) is 5.81. The van der Waals surface area contributed by atoms with E-state index < -0.39 is 0 Å². The minimum absolute atomic E-state index is 0.0636. The lowest BCUT2D eigenvalue weighted by atomic mass is 10.1. The molecule has 0 aromatic carbocycles. The number of aliphatic hydroxyl groups excluding tert-OH is 1. The van der Waals surface area contributed by atoms with Gasteiger partial charge < -0.3 is 14.7 Å². The first-order valence-electron chi connectivity index (χ1n) is 5.81. The Morgan fingerprint density at radius 1 is 1.53 bits per heavy atom. The Hall–Kier alpha value is -1.39. The molecule has 0 bridgehead atoms. The first kappa shape index (κ1) is 12.1. The Labute approximate surface area is 102 Å². The van der Waals surface area contributed by atoms with E-state index in [0.717, 1.165) is 37.5 Å². The van der Waals surface area contributed by atoms with Crippen molar-refractivity contribution in [3.63, 3.8) is 0 Å². The van der Waals surface area contributed by atoms with Crippen molar-refractivity contribution in [1.29, 1.82) is 0 Å². The van der Waals surface area contributed by atoms with Gasteiger partial charge in [-0.2, -0.15) is 0 Å². The summed E-state index contributed by atoms with van der Waals surface area (Å²) in [6.07, 6.45) is 4.95. The number of aliphatic hydroxyl groups is 1. The third-order valence-electron chi connectivity index (χ3n) is 2.95. The number of ether oxygens (including phenoxy) is 1. The molecule has 1 aliphatic rings. The summed E-state index contributed by atoms with van der Waals surface area (Å²) in [6, 6.07) is 3.77. The van der Waals surface area contributed by atoms with E-state index in [2.05, 4.69) is 16.0 Å². The number of anilines is 1. The lowest BCUT2D eigenvalue weighted by Gasteiger charge is -2.27. The molecule has 0 amide bonds. The van der Waals surface area contributed by atoms with Crippen molar-refractivity contribution in [1.82, 2.24) is 4.98 Å². The lowest BCUT2D eigenvalue weighted by molar-refractivity contribution is 0.222. The average Bonchev–Trinajstić information content (AvgIpc) is 2.40. The molecular weight excluding hydrogens is 216 g/mol. The summed E-state index contributed by atoms with van der Waals surface area (Å²) in [5, 5.41) is 9.10. The van der Waals surface area contributed by atoms with Crippen LogP contribution in [0.4, 0.5) is 5.82 Å². The predicted octanol–water partition coefficient (Wildman–Crippen LogP) is 1.36. The highest BCUT2D eigenvalue weighted by molar-refractivity contribution is 5.43. The van der Waals surface area contributed by atoms with Gasteiger partial charge in [-0.3, -0.25) is 0 Å². The molecule has 1 aromatic rings. The van der Waals surface area contributed by atoms with Crippen molar-refractivity contribution in [3.05, 3.63) is 35.5 Å².